The maximum atomic E-state index is 13.2. The molecule has 3 aromatic carbocycles. The van der Waals surface area contributed by atoms with E-state index in [1.54, 1.807) is 19.1 Å². The van der Waals surface area contributed by atoms with Gasteiger partial charge < -0.3 is 10.1 Å². The van der Waals surface area contributed by atoms with E-state index in [1.165, 1.54) is 30.3 Å². The van der Waals surface area contributed by atoms with Crippen molar-refractivity contribution >= 4 is 38.9 Å². The summed E-state index contributed by atoms with van der Waals surface area (Å²) >= 11 is 5.70. The Labute approximate surface area is 191 Å². The standard InChI is InChI=1S/C23H22ClFN2O4S/c1-14-4-5-18(10-15(14)2)27-32(29,30)19-7-9-22(16(3)11-19)31-13-23(28)26-17-6-8-21(25)20(24)12-17/h4-12,27H,13H2,1-3H3,(H,26,28). The lowest BCUT2D eigenvalue weighted by Gasteiger charge is -2.13. The molecule has 1 amide bonds. The van der Waals surface area contributed by atoms with Crippen molar-refractivity contribution < 1.29 is 22.3 Å². The zero-order valence-electron chi connectivity index (χ0n) is 17.7. The Kier molecular flexibility index (Phi) is 7.06. The van der Waals surface area contributed by atoms with E-state index in [0.29, 0.717) is 22.7 Å². The van der Waals surface area contributed by atoms with Gasteiger partial charge in [0.1, 0.15) is 11.6 Å². The number of amides is 1. The van der Waals surface area contributed by atoms with E-state index < -0.39 is 21.7 Å². The van der Waals surface area contributed by atoms with Crippen LogP contribution in [0.15, 0.2) is 59.5 Å². The summed E-state index contributed by atoms with van der Waals surface area (Å²) < 4.78 is 46.7. The second kappa shape index (κ2) is 9.58. The molecule has 0 aliphatic carbocycles. The van der Waals surface area contributed by atoms with E-state index in [0.717, 1.165) is 17.2 Å². The molecule has 3 aromatic rings. The van der Waals surface area contributed by atoms with E-state index in [9.17, 15) is 17.6 Å². The van der Waals surface area contributed by atoms with Gasteiger partial charge in [0.05, 0.1) is 9.92 Å². The summed E-state index contributed by atoms with van der Waals surface area (Å²) in [4.78, 5) is 12.2. The highest BCUT2D eigenvalue weighted by molar-refractivity contribution is 7.92. The van der Waals surface area contributed by atoms with E-state index in [1.807, 2.05) is 19.9 Å². The lowest BCUT2D eigenvalue weighted by molar-refractivity contribution is -0.118. The molecule has 6 nitrogen and oxygen atoms in total. The predicted molar refractivity (Wildman–Crippen MR) is 123 cm³/mol. The van der Waals surface area contributed by atoms with Gasteiger partial charge in [-0.05, 0) is 86.0 Å². The first-order valence-corrected chi connectivity index (χ1v) is 11.5. The number of sulfonamides is 1. The van der Waals surface area contributed by atoms with Crippen LogP contribution in [0, 0.1) is 26.6 Å². The largest absolute Gasteiger partial charge is 0.483 e. The van der Waals surface area contributed by atoms with Gasteiger partial charge >= 0.3 is 0 Å². The van der Waals surface area contributed by atoms with Crippen molar-refractivity contribution in [2.24, 2.45) is 0 Å². The smallest absolute Gasteiger partial charge is 0.262 e. The average Bonchev–Trinajstić information content (AvgIpc) is 2.72. The number of hydrogen-bond donors (Lipinski definition) is 2. The number of aryl methyl sites for hydroxylation is 3. The van der Waals surface area contributed by atoms with Gasteiger partial charge in [-0.2, -0.15) is 0 Å². The number of nitrogens with one attached hydrogen (secondary N) is 2. The summed E-state index contributed by atoms with van der Waals surface area (Å²) in [7, 11) is -3.79. The number of ether oxygens (including phenoxy) is 1. The first-order chi connectivity index (χ1) is 15.0. The number of carbonyl (C=O) groups is 1. The number of rotatable bonds is 7. The van der Waals surface area contributed by atoms with Crippen molar-refractivity contribution in [1.82, 2.24) is 0 Å². The first kappa shape index (κ1) is 23.6. The third-order valence-electron chi connectivity index (χ3n) is 4.78. The summed E-state index contributed by atoms with van der Waals surface area (Å²) in [6.45, 7) is 5.22. The molecule has 0 aliphatic rings. The van der Waals surface area contributed by atoms with Crippen molar-refractivity contribution in [1.29, 1.82) is 0 Å². The molecule has 0 fully saturated rings. The molecule has 168 valence electrons. The number of hydrogen-bond acceptors (Lipinski definition) is 4. The quantitative estimate of drug-likeness (QED) is 0.489. The topological polar surface area (TPSA) is 84.5 Å². The van der Waals surface area contributed by atoms with Crippen LogP contribution in [0.2, 0.25) is 5.02 Å². The van der Waals surface area contributed by atoms with Gasteiger partial charge in [-0.1, -0.05) is 17.7 Å². The van der Waals surface area contributed by atoms with Crippen LogP contribution >= 0.6 is 11.6 Å². The minimum absolute atomic E-state index is 0.0750. The first-order valence-electron chi connectivity index (χ1n) is 9.63. The molecule has 0 atom stereocenters. The number of carbonyl (C=O) groups excluding carboxylic acids is 1. The normalized spacial score (nSPS) is 11.2. The summed E-state index contributed by atoms with van der Waals surface area (Å²) in [6, 6.07) is 13.5. The molecule has 0 spiro atoms. The van der Waals surface area contributed by atoms with Crippen LogP contribution in [-0.2, 0) is 14.8 Å². The molecule has 0 unspecified atom stereocenters. The van der Waals surface area contributed by atoms with Crippen molar-refractivity contribution in [3.05, 3.63) is 82.1 Å². The molecule has 0 saturated carbocycles. The third kappa shape index (κ3) is 5.77. The van der Waals surface area contributed by atoms with Crippen molar-refractivity contribution in [3.63, 3.8) is 0 Å². The van der Waals surface area contributed by atoms with Gasteiger partial charge in [-0.25, -0.2) is 12.8 Å². The molecule has 0 aromatic heterocycles. The van der Waals surface area contributed by atoms with E-state index >= 15 is 0 Å². The fraction of sp³-hybridized carbons (Fsp3) is 0.174. The van der Waals surface area contributed by atoms with Gasteiger partial charge in [0.2, 0.25) is 0 Å². The Hall–Kier alpha value is -3.10. The fourth-order valence-corrected chi connectivity index (χ4v) is 4.20. The lowest BCUT2D eigenvalue weighted by atomic mass is 10.1. The second-order valence-electron chi connectivity index (χ2n) is 7.30. The zero-order chi connectivity index (χ0) is 23.5. The Morgan fingerprint density at radius 1 is 0.938 bits per heavy atom. The van der Waals surface area contributed by atoms with Crippen molar-refractivity contribution in [2.75, 3.05) is 16.6 Å². The maximum absolute atomic E-state index is 13.2. The molecule has 2 N–H and O–H groups in total. The van der Waals surface area contributed by atoms with Crippen LogP contribution in [0.5, 0.6) is 5.75 Å². The lowest BCUT2D eigenvalue weighted by Crippen LogP contribution is -2.20. The number of anilines is 2. The summed E-state index contributed by atoms with van der Waals surface area (Å²) in [5.41, 5.74) is 3.40. The SMILES string of the molecule is Cc1ccc(NS(=O)(=O)c2ccc(OCC(=O)Nc3ccc(F)c(Cl)c3)c(C)c2)cc1C. The molecule has 32 heavy (non-hydrogen) atoms. The van der Waals surface area contributed by atoms with Gasteiger partial charge in [-0.15, -0.1) is 0 Å². The highest BCUT2D eigenvalue weighted by Gasteiger charge is 2.16. The van der Waals surface area contributed by atoms with E-state index in [4.69, 9.17) is 16.3 Å². The minimum atomic E-state index is -3.79. The fourth-order valence-electron chi connectivity index (χ4n) is 2.88. The third-order valence-corrected chi connectivity index (χ3v) is 6.45. The average molecular weight is 477 g/mol. The van der Waals surface area contributed by atoms with E-state index in [2.05, 4.69) is 10.0 Å². The summed E-state index contributed by atoms with van der Waals surface area (Å²) in [6.07, 6.45) is 0. The summed E-state index contributed by atoms with van der Waals surface area (Å²) in [5.74, 6) is -0.693. The van der Waals surface area contributed by atoms with Gasteiger partial charge in [0.15, 0.2) is 6.61 Å². The Morgan fingerprint density at radius 2 is 1.66 bits per heavy atom. The molecular formula is C23H22ClFN2O4S. The Bertz CT molecular complexity index is 1280. The zero-order valence-corrected chi connectivity index (χ0v) is 19.3. The molecule has 3 rings (SSSR count). The van der Waals surface area contributed by atoms with Crippen LogP contribution in [-0.4, -0.2) is 20.9 Å². The van der Waals surface area contributed by atoms with Crippen molar-refractivity contribution in [3.8, 4) is 5.75 Å². The predicted octanol–water partition coefficient (Wildman–Crippen LogP) is 5.22. The molecule has 0 bridgehead atoms. The molecular weight excluding hydrogens is 455 g/mol. The van der Waals surface area contributed by atoms with Crippen LogP contribution < -0.4 is 14.8 Å². The molecule has 0 radical (unpaired) electrons. The molecule has 0 saturated heterocycles. The van der Waals surface area contributed by atoms with Crippen LogP contribution in [0.1, 0.15) is 16.7 Å². The Balaban J connectivity index is 1.65. The van der Waals surface area contributed by atoms with Crippen molar-refractivity contribution in [2.45, 2.75) is 25.7 Å². The monoisotopic (exact) mass is 476 g/mol. The molecule has 0 heterocycles. The Morgan fingerprint density at radius 3 is 2.31 bits per heavy atom. The van der Waals surface area contributed by atoms with E-state index in [-0.39, 0.29) is 16.5 Å². The highest BCUT2D eigenvalue weighted by Crippen LogP contribution is 2.25. The van der Waals surface area contributed by atoms with Gasteiger partial charge in [0, 0.05) is 11.4 Å². The summed E-state index contributed by atoms with van der Waals surface area (Å²) in [5, 5.41) is 2.44. The van der Waals surface area contributed by atoms with Gasteiger partial charge in [-0.3, -0.25) is 9.52 Å². The second-order valence-corrected chi connectivity index (χ2v) is 9.39. The minimum Gasteiger partial charge on any atom is -0.483 e. The van der Waals surface area contributed by atoms with Gasteiger partial charge in [0.25, 0.3) is 15.9 Å². The number of halogens is 2. The molecule has 9 heteroatoms. The van der Waals surface area contributed by atoms with Crippen LogP contribution in [0.4, 0.5) is 15.8 Å². The molecule has 0 aliphatic heterocycles. The highest BCUT2D eigenvalue weighted by atomic mass is 35.5. The van der Waals surface area contributed by atoms with Crippen LogP contribution in [0.25, 0.3) is 0 Å². The van der Waals surface area contributed by atoms with Crippen LogP contribution in [0.3, 0.4) is 0 Å². The maximum Gasteiger partial charge on any atom is 0.262 e. The number of benzene rings is 3.